The third-order valence-corrected chi connectivity index (χ3v) is 7.14. The van der Waals surface area contributed by atoms with Gasteiger partial charge in [0.25, 0.3) is 5.91 Å². The number of hydrogen-bond acceptors (Lipinski definition) is 5. The molecule has 1 aromatic rings. The highest BCUT2D eigenvalue weighted by atomic mass is 32.2. The number of likely N-dealkylation sites (N-methyl/N-ethyl adjacent to an activating group) is 1. The number of benzene rings is 1. The highest BCUT2D eigenvalue weighted by Crippen LogP contribution is 2.35. The van der Waals surface area contributed by atoms with Gasteiger partial charge in [0, 0.05) is 17.7 Å². The molecule has 32 heavy (non-hydrogen) atoms. The molecule has 0 bridgehead atoms. The van der Waals surface area contributed by atoms with Crippen LogP contribution >= 0.6 is 11.8 Å². The molecule has 1 aliphatic heterocycles. The number of amides is 2. The number of carbonyl (C=O) groups excluding carboxylic acids is 2. The Morgan fingerprint density at radius 2 is 2.06 bits per heavy atom. The number of ether oxygens (including phenoxy) is 2. The highest BCUT2D eigenvalue weighted by Gasteiger charge is 2.38. The van der Waals surface area contributed by atoms with Crippen LogP contribution in [0.25, 0.3) is 6.08 Å². The molecule has 1 fully saturated rings. The van der Waals surface area contributed by atoms with E-state index in [-0.39, 0.29) is 23.1 Å². The summed E-state index contributed by atoms with van der Waals surface area (Å²) in [5.74, 6) is 1.16. The van der Waals surface area contributed by atoms with E-state index in [1.54, 1.807) is 18.7 Å². The van der Waals surface area contributed by atoms with Crippen molar-refractivity contribution in [1.29, 1.82) is 0 Å². The van der Waals surface area contributed by atoms with Gasteiger partial charge in [0.05, 0.1) is 13.7 Å². The van der Waals surface area contributed by atoms with Crippen molar-refractivity contribution in [2.75, 3.05) is 20.8 Å². The van der Waals surface area contributed by atoms with Crippen molar-refractivity contribution in [2.24, 2.45) is 0 Å². The lowest BCUT2D eigenvalue weighted by Crippen LogP contribution is -2.38. The van der Waals surface area contributed by atoms with E-state index in [4.69, 9.17) is 9.47 Å². The quantitative estimate of drug-likeness (QED) is 0.525. The molecule has 7 heteroatoms. The number of nitrogens with one attached hydrogen (secondary N) is 1. The van der Waals surface area contributed by atoms with Gasteiger partial charge in [0.15, 0.2) is 11.5 Å². The lowest BCUT2D eigenvalue weighted by Gasteiger charge is -2.21. The summed E-state index contributed by atoms with van der Waals surface area (Å²) < 4.78 is 12.6. The molecule has 0 aromatic heterocycles. The summed E-state index contributed by atoms with van der Waals surface area (Å²) in [7, 11) is 3.36. The normalized spacial score (nSPS) is 22.1. The number of thioether (sulfide) groups is 1. The number of methoxy groups -OCH3 is 1. The van der Waals surface area contributed by atoms with Gasteiger partial charge in [-0.1, -0.05) is 42.8 Å². The number of fused-ring (bicyclic) bond motifs is 1. The predicted octanol–water partition coefficient (Wildman–Crippen LogP) is 3.72. The Morgan fingerprint density at radius 3 is 2.78 bits per heavy atom. The molecular weight excluding hydrogens is 424 g/mol. The van der Waals surface area contributed by atoms with Crippen LogP contribution in [0.2, 0.25) is 0 Å². The minimum atomic E-state index is -0.0868. The van der Waals surface area contributed by atoms with Crippen molar-refractivity contribution in [3.05, 3.63) is 52.5 Å². The third kappa shape index (κ3) is 4.67. The van der Waals surface area contributed by atoms with Gasteiger partial charge in [-0.2, -0.15) is 4.58 Å². The molecule has 168 valence electrons. The molecule has 1 unspecified atom stereocenters. The monoisotopic (exact) mass is 453 g/mol. The SMILES string of the molecule is CCOc1ccc(/C=C2/SC3C=CC(C(=O)NC4CCCC4)=CC3=[N+](C)C2=O)cc1OC. The number of carbonyl (C=O) groups is 2. The molecule has 4 rings (SSSR count). The topological polar surface area (TPSA) is 67.6 Å². The van der Waals surface area contributed by atoms with Gasteiger partial charge in [0.2, 0.25) is 5.71 Å². The molecule has 0 radical (unpaired) electrons. The molecule has 1 N–H and O–H groups in total. The molecule has 1 aromatic carbocycles. The molecule has 1 atom stereocenters. The Labute approximate surface area is 193 Å². The molecule has 2 aliphatic carbocycles. The summed E-state index contributed by atoms with van der Waals surface area (Å²) in [5.41, 5.74) is 2.30. The number of rotatable bonds is 6. The number of nitrogens with zero attached hydrogens (tertiary/aromatic N) is 1. The standard InChI is InChI=1S/C25H28N2O4S/c1-4-31-20-11-9-16(13-21(20)30-3)14-23-25(29)27(2)19-15-17(10-12-22(19)32-23)24(28)26-18-7-5-6-8-18/h9-15,18,22H,4-8H2,1-3H3/p+1/b23-14+. The molecular formula is C25H29N2O4S+. The minimum absolute atomic E-state index is 0.0171. The van der Waals surface area contributed by atoms with E-state index < -0.39 is 0 Å². The average molecular weight is 454 g/mol. The summed E-state index contributed by atoms with van der Waals surface area (Å²) in [6, 6.07) is 5.90. The lowest BCUT2D eigenvalue weighted by atomic mass is 10.0. The van der Waals surface area contributed by atoms with Gasteiger partial charge in [-0.3, -0.25) is 4.79 Å². The first-order valence-electron chi connectivity index (χ1n) is 11.0. The zero-order valence-electron chi connectivity index (χ0n) is 18.7. The van der Waals surface area contributed by atoms with Crippen molar-refractivity contribution >= 4 is 35.4 Å². The van der Waals surface area contributed by atoms with Gasteiger partial charge in [-0.05, 0) is 43.5 Å². The second-order valence-electron chi connectivity index (χ2n) is 8.09. The van der Waals surface area contributed by atoms with Gasteiger partial charge in [0.1, 0.15) is 17.2 Å². The van der Waals surface area contributed by atoms with Crippen molar-refractivity contribution in [1.82, 2.24) is 5.32 Å². The molecule has 6 nitrogen and oxygen atoms in total. The first-order chi connectivity index (χ1) is 15.5. The Balaban J connectivity index is 1.56. The Kier molecular flexibility index (Phi) is 6.84. The minimum Gasteiger partial charge on any atom is -0.493 e. The summed E-state index contributed by atoms with van der Waals surface area (Å²) in [6.45, 7) is 2.48. The smallest absolute Gasteiger partial charge is 0.425 e. The van der Waals surface area contributed by atoms with Gasteiger partial charge >= 0.3 is 5.91 Å². The fourth-order valence-corrected chi connectivity index (χ4v) is 5.43. The summed E-state index contributed by atoms with van der Waals surface area (Å²) >= 11 is 1.49. The maximum absolute atomic E-state index is 13.1. The van der Waals surface area contributed by atoms with Crippen LogP contribution in [0.5, 0.6) is 11.5 Å². The fourth-order valence-electron chi connectivity index (χ4n) is 4.21. The predicted molar refractivity (Wildman–Crippen MR) is 127 cm³/mol. The third-order valence-electron chi connectivity index (χ3n) is 5.94. The molecule has 1 saturated carbocycles. The van der Waals surface area contributed by atoms with Crippen LogP contribution in [-0.2, 0) is 9.59 Å². The maximum atomic E-state index is 13.1. The van der Waals surface area contributed by atoms with E-state index in [1.807, 2.05) is 49.4 Å². The summed E-state index contributed by atoms with van der Waals surface area (Å²) in [6.07, 6.45) is 12.0. The van der Waals surface area contributed by atoms with E-state index in [0.29, 0.717) is 28.6 Å². The van der Waals surface area contributed by atoms with Crippen molar-refractivity contribution in [3.63, 3.8) is 0 Å². The zero-order valence-corrected chi connectivity index (χ0v) is 19.5. The Hall–Kier alpha value is -2.80. The molecule has 2 amide bonds. The zero-order chi connectivity index (χ0) is 22.7. The summed E-state index contributed by atoms with van der Waals surface area (Å²) in [4.78, 5) is 26.4. The van der Waals surface area contributed by atoms with Crippen LogP contribution in [0.3, 0.4) is 0 Å². The van der Waals surface area contributed by atoms with E-state index in [1.165, 1.54) is 24.6 Å². The second kappa shape index (κ2) is 9.77. The number of allylic oxidation sites excluding steroid dienone is 1. The van der Waals surface area contributed by atoms with Gasteiger partial charge < -0.3 is 14.8 Å². The highest BCUT2D eigenvalue weighted by molar-refractivity contribution is 8.05. The van der Waals surface area contributed by atoms with Crippen LogP contribution in [0.15, 0.2) is 46.9 Å². The van der Waals surface area contributed by atoms with Gasteiger partial charge in [-0.25, -0.2) is 4.79 Å². The number of hydrogen-bond donors (Lipinski definition) is 1. The average Bonchev–Trinajstić information content (AvgIpc) is 3.31. The second-order valence-corrected chi connectivity index (χ2v) is 9.28. The van der Waals surface area contributed by atoms with Crippen LogP contribution in [0.1, 0.15) is 38.2 Å². The molecule has 1 heterocycles. The Morgan fingerprint density at radius 1 is 1.28 bits per heavy atom. The van der Waals surface area contributed by atoms with Crippen molar-refractivity contribution < 1.29 is 23.6 Å². The molecule has 3 aliphatic rings. The first-order valence-corrected chi connectivity index (χ1v) is 11.9. The van der Waals surface area contributed by atoms with E-state index >= 15 is 0 Å². The van der Waals surface area contributed by atoms with Crippen molar-refractivity contribution in [3.8, 4) is 11.5 Å². The van der Waals surface area contributed by atoms with Crippen LogP contribution in [0, 0.1) is 0 Å². The van der Waals surface area contributed by atoms with E-state index in [0.717, 1.165) is 24.1 Å². The first kappa shape index (κ1) is 22.4. The van der Waals surface area contributed by atoms with Gasteiger partial charge in [-0.15, -0.1) is 0 Å². The van der Waals surface area contributed by atoms with Crippen LogP contribution in [0.4, 0.5) is 0 Å². The maximum Gasteiger partial charge on any atom is 0.425 e. The van der Waals surface area contributed by atoms with Crippen molar-refractivity contribution in [2.45, 2.75) is 43.9 Å². The lowest BCUT2D eigenvalue weighted by molar-refractivity contribution is -0.413. The van der Waals surface area contributed by atoms with Crippen LogP contribution < -0.4 is 14.8 Å². The Bertz CT molecular complexity index is 1050. The largest absolute Gasteiger partial charge is 0.493 e. The van der Waals surface area contributed by atoms with E-state index in [9.17, 15) is 9.59 Å². The molecule has 0 saturated heterocycles. The summed E-state index contributed by atoms with van der Waals surface area (Å²) in [5, 5.41) is 3.10. The fraction of sp³-hybridized carbons (Fsp3) is 0.400. The van der Waals surface area contributed by atoms with E-state index in [2.05, 4.69) is 5.32 Å². The van der Waals surface area contributed by atoms with Crippen LogP contribution in [-0.4, -0.2) is 54.2 Å². The molecule has 0 spiro atoms.